The second kappa shape index (κ2) is 5.60. The van der Waals surface area contributed by atoms with Gasteiger partial charge in [-0.05, 0) is 47.1 Å². The van der Waals surface area contributed by atoms with Crippen molar-refractivity contribution in [3.05, 3.63) is 16.8 Å². The Kier molecular flexibility index (Phi) is 4.18. The van der Waals surface area contributed by atoms with Crippen molar-refractivity contribution in [3.63, 3.8) is 0 Å². The number of hydrogen-bond donors (Lipinski definition) is 1. The molecule has 6 heteroatoms. The van der Waals surface area contributed by atoms with Gasteiger partial charge in [0, 0.05) is 4.88 Å². The summed E-state index contributed by atoms with van der Waals surface area (Å²) >= 11 is 1.63. The number of carbonyl (C=O) groups excluding carboxylic acids is 1. The summed E-state index contributed by atoms with van der Waals surface area (Å²) in [4.78, 5) is 22.8. The first kappa shape index (κ1) is 15.7. The number of fused-ring (bicyclic) bond motifs is 1. The van der Waals surface area contributed by atoms with E-state index in [1.165, 1.54) is 11.2 Å². The Morgan fingerprint density at radius 3 is 2.62 bits per heavy atom. The van der Waals surface area contributed by atoms with Crippen LogP contribution >= 0.6 is 11.3 Å². The molecule has 0 radical (unpaired) electrons. The van der Waals surface area contributed by atoms with Crippen LogP contribution in [0.5, 0.6) is 0 Å². The second-order valence-corrected chi connectivity index (χ2v) is 7.29. The zero-order valence-electron chi connectivity index (χ0n) is 13.3. The number of carbonyl (C=O) groups is 1. The molecule has 114 valence electrons. The van der Waals surface area contributed by atoms with Crippen LogP contribution in [-0.4, -0.2) is 27.6 Å². The molecule has 0 unspecified atom stereocenters. The van der Waals surface area contributed by atoms with Gasteiger partial charge in [0.15, 0.2) is 0 Å². The Labute approximate surface area is 128 Å². The van der Waals surface area contributed by atoms with Crippen molar-refractivity contribution in [1.82, 2.24) is 9.97 Å². The van der Waals surface area contributed by atoms with Gasteiger partial charge in [-0.25, -0.2) is 14.8 Å². The molecule has 1 N–H and O–H groups in total. The van der Waals surface area contributed by atoms with Crippen LogP contribution in [0.4, 0.5) is 5.82 Å². The van der Waals surface area contributed by atoms with Gasteiger partial charge in [-0.1, -0.05) is 0 Å². The van der Waals surface area contributed by atoms with Crippen molar-refractivity contribution in [3.8, 4) is 0 Å². The van der Waals surface area contributed by atoms with Gasteiger partial charge in [-0.15, -0.1) is 11.3 Å². The highest BCUT2D eigenvalue weighted by Gasteiger charge is 2.23. The van der Waals surface area contributed by atoms with Crippen molar-refractivity contribution in [2.24, 2.45) is 0 Å². The minimum atomic E-state index is -0.497. The smallest absolute Gasteiger partial charge is 0.328 e. The summed E-state index contributed by atoms with van der Waals surface area (Å²) in [5.41, 5.74) is 0.651. The summed E-state index contributed by atoms with van der Waals surface area (Å²) in [6.45, 7) is 11.4. The first-order valence-electron chi connectivity index (χ1n) is 6.89. The Morgan fingerprint density at radius 2 is 2.00 bits per heavy atom. The van der Waals surface area contributed by atoms with Gasteiger partial charge < -0.3 is 10.1 Å². The molecule has 0 amide bonds. The monoisotopic (exact) mass is 307 g/mol. The standard InChI is InChI=1S/C15H21N3O2S/c1-8-10(3)21-13-11(8)12(16-7-17-13)18-9(2)14(19)20-15(4,5)6/h7,9H,1-6H3,(H,16,17,18)/t9-/m1/s1. The topological polar surface area (TPSA) is 64.1 Å². The van der Waals surface area contributed by atoms with Gasteiger partial charge in [-0.3, -0.25) is 0 Å². The van der Waals surface area contributed by atoms with Crippen LogP contribution in [0.3, 0.4) is 0 Å². The molecule has 0 saturated carbocycles. The highest BCUT2D eigenvalue weighted by atomic mass is 32.1. The number of aryl methyl sites for hydroxylation is 2. The van der Waals surface area contributed by atoms with Crippen LogP contribution in [0.25, 0.3) is 10.2 Å². The molecule has 2 heterocycles. The number of esters is 1. The van der Waals surface area contributed by atoms with Gasteiger partial charge >= 0.3 is 5.97 Å². The van der Waals surface area contributed by atoms with Gasteiger partial charge in [0.2, 0.25) is 0 Å². The normalized spacial score (nSPS) is 13.2. The van der Waals surface area contributed by atoms with Crippen LogP contribution < -0.4 is 5.32 Å². The van der Waals surface area contributed by atoms with Crippen LogP contribution in [-0.2, 0) is 9.53 Å². The molecular formula is C15H21N3O2S. The largest absolute Gasteiger partial charge is 0.458 e. The zero-order chi connectivity index (χ0) is 15.8. The first-order chi connectivity index (χ1) is 9.69. The van der Waals surface area contributed by atoms with Gasteiger partial charge in [0.1, 0.15) is 28.6 Å². The van der Waals surface area contributed by atoms with E-state index < -0.39 is 11.6 Å². The van der Waals surface area contributed by atoms with Gasteiger partial charge in [0.05, 0.1) is 5.39 Å². The average Bonchev–Trinajstić information content (AvgIpc) is 2.64. The lowest BCUT2D eigenvalue weighted by Gasteiger charge is -2.23. The van der Waals surface area contributed by atoms with Crippen LogP contribution in [0.15, 0.2) is 6.33 Å². The van der Waals surface area contributed by atoms with Crippen LogP contribution in [0.1, 0.15) is 38.1 Å². The third kappa shape index (κ3) is 3.50. The maximum atomic E-state index is 12.1. The lowest BCUT2D eigenvalue weighted by atomic mass is 10.2. The minimum absolute atomic E-state index is 0.293. The molecule has 2 aromatic heterocycles. The Morgan fingerprint density at radius 1 is 1.33 bits per heavy atom. The van der Waals surface area contributed by atoms with Crippen molar-refractivity contribution in [2.75, 3.05) is 5.32 Å². The van der Waals surface area contributed by atoms with Crippen molar-refractivity contribution < 1.29 is 9.53 Å². The second-order valence-electron chi connectivity index (χ2n) is 6.09. The summed E-state index contributed by atoms with van der Waals surface area (Å²) in [5.74, 6) is 0.388. The van der Waals surface area contributed by atoms with Gasteiger partial charge in [-0.2, -0.15) is 0 Å². The average molecular weight is 307 g/mol. The predicted molar refractivity (Wildman–Crippen MR) is 85.8 cm³/mol. The molecule has 1 atom stereocenters. The first-order valence-corrected chi connectivity index (χ1v) is 7.71. The quantitative estimate of drug-likeness (QED) is 0.880. The number of ether oxygens (including phenoxy) is 1. The van der Waals surface area contributed by atoms with E-state index in [4.69, 9.17) is 4.74 Å². The Balaban J connectivity index is 2.26. The predicted octanol–water partition coefficient (Wildman–Crippen LogP) is 3.45. The Hall–Kier alpha value is -1.69. The van der Waals surface area contributed by atoms with Gasteiger partial charge in [0.25, 0.3) is 0 Å². The van der Waals surface area contributed by atoms with Crippen molar-refractivity contribution in [1.29, 1.82) is 0 Å². The molecule has 5 nitrogen and oxygen atoms in total. The third-order valence-corrected chi connectivity index (χ3v) is 4.19. The maximum absolute atomic E-state index is 12.1. The SMILES string of the molecule is Cc1sc2ncnc(N[C@H](C)C(=O)OC(C)(C)C)c2c1C. The van der Waals surface area contributed by atoms with E-state index in [1.54, 1.807) is 18.3 Å². The van der Waals surface area contributed by atoms with E-state index in [0.29, 0.717) is 5.82 Å². The number of hydrogen-bond acceptors (Lipinski definition) is 6. The molecule has 2 aromatic rings. The molecule has 0 aliphatic heterocycles. The molecule has 0 spiro atoms. The van der Waals surface area contributed by atoms with Crippen LogP contribution in [0, 0.1) is 13.8 Å². The lowest BCUT2D eigenvalue weighted by Crippen LogP contribution is -2.34. The summed E-state index contributed by atoms with van der Waals surface area (Å²) in [6.07, 6.45) is 1.52. The molecule has 0 bridgehead atoms. The number of rotatable bonds is 3. The third-order valence-electron chi connectivity index (χ3n) is 3.08. The molecule has 0 fully saturated rings. The minimum Gasteiger partial charge on any atom is -0.458 e. The number of anilines is 1. The molecule has 0 aliphatic carbocycles. The van der Waals surface area contributed by atoms with E-state index >= 15 is 0 Å². The fourth-order valence-corrected chi connectivity index (χ4v) is 2.94. The lowest BCUT2D eigenvalue weighted by molar-refractivity contribution is -0.155. The zero-order valence-corrected chi connectivity index (χ0v) is 14.1. The number of nitrogens with one attached hydrogen (secondary N) is 1. The van der Waals surface area contributed by atoms with E-state index in [2.05, 4.69) is 22.2 Å². The molecule has 2 rings (SSSR count). The molecule has 0 saturated heterocycles. The summed E-state index contributed by atoms with van der Waals surface area (Å²) in [5, 5.41) is 4.12. The van der Waals surface area contributed by atoms with E-state index in [1.807, 2.05) is 27.7 Å². The highest BCUT2D eigenvalue weighted by Crippen LogP contribution is 2.32. The number of aromatic nitrogens is 2. The summed E-state index contributed by atoms with van der Waals surface area (Å²) in [6, 6.07) is -0.470. The van der Waals surface area contributed by atoms with E-state index in [9.17, 15) is 4.79 Å². The fourth-order valence-electron chi connectivity index (χ4n) is 1.95. The van der Waals surface area contributed by atoms with Crippen molar-refractivity contribution in [2.45, 2.75) is 53.2 Å². The molecule has 0 aliphatic rings. The maximum Gasteiger partial charge on any atom is 0.328 e. The molecule has 0 aromatic carbocycles. The number of thiophene rings is 1. The van der Waals surface area contributed by atoms with Crippen LogP contribution in [0.2, 0.25) is 0 Å². The summed E-state index contributed by atoms with van der Waals surface area (Å²) < 4.78 is 5.38. The van der Waals surface area contributed by atoms with E-state index in [-0.39, 0.29) is 5.97 Å². The van der Waals surface area contributed by atoms with E-state index in [0.717, 1.165) is 15.8 Å². The molecule has 21 heavy (non-hydrogen) atoms. The fraction of sp³-hybridized carbons (Fsp3) is 0.533. The Bertz CT molecular complexity index is 673. The molecular weight excluding hydrogens is 286 g/mol. The highest BCUT2D eigenvalue weighted by molar-refractivity contribution is 7.18. The van der Waals surface area contributed by atoms with Crippen molar-refractivity contribution >= 4 is 33.3 Å². The number of nitrogens with zero attached hydrogens (tertiary/aromatic N) is 2. The summed E-state index contributed by atoms with van der Waals surface area (Å²) in [7, 11) is 0.